The molecule has 0 saturated heterocycles. The Kier molecular flexibility index (Phi) is 4.26. The van der Waals surface area contributed by atoms with E-state index in [-0.39, 0.29) is 11.6 Å². The Labute approximate surface area is 136 Å². The number of hydrogen-bond donors (Lipinski definition) is 1. The highest BCUT2D eigenvalue weighted by Crippen LogP contribution is 2.29. The smallest absolute Gasteiger partial charge is 0.236 e. The molecule has 1 N–H and O–H groups in total. The van der Waals surface area contributed by atoms with Gasteiger partial charge in [-0.1, -0.05) is 12.1 Å². The van der Waals surface area contributed by atoms with Crippen LogP contribution in [0.2, 0.25) is 0 Å². The zero-order valence-electron chi connectivity index (χ0n) is 12.9. The minimum atomic E-state index is -3.53. The fourth-order valence-corrected chi connectivity index (χ4v) is 4.05. The van der Waals surface area contributed by atoms with Crippen LogP contribution in [0.5, 0.6) is 0 Å². The number of aryl methyl sites for hydroxylation is 1. The Balaban J connectivity index is 1.76. The minimum Gasteiger partial charge on any atom is -0.374 e. The highest BCUT2D eigenvalue weighted by molar-refractivity contribution is 7.91. The van der Waals surface area contributed by atoms with Crippen LogP contribution in [0.15, 0.2) is 42.5 Å². The van der Waals surface area contributed by atoms with E-state index in [0.717, 1.165) is 30.6 Å². The lowest BCUT2D eigenvalue weighted by Gasteiger charge is -2.27. The molecule has 0 fully saturated rings. The molecule has 0 aromatic heterocycles. The summed E-state index contributed by atoms with van der Waals surface area (Å²) in [7, 11) is -1.49. The monoisotopic (exact) mass is 334 g/mol. The average Bonchev–Trinajstić information content (AvgIpc) is 2.49. The molecule has 0 unspecified atom stereocenters. The number of halogens is 1. The van der Waals surface area contributed by atoms with Gasteiger partial charge in [-0.2, -0.15) is 0 Å². The Morgan fingerprint density at radius 2 is 1.91 bits per heavy atom. The van der Waals surface area contributed by atoms with Crippen LogP contribution in [-0.2, 0) is 22.2 Å². The van der Waals surface area contributed by atoms with Gasteiger partial charge >= 0.3 is 0 Å². The molecule has 1 aliphatic heterocycles. The Morgan fingerprint density at radius 1 is 1.17 bits per heavy atom. The molecule has 4 nitrogen and oxygen atoms in total. The molecule has 0 radical (unpaired) electrons. The van der Waals surface area contributed by atoms with Crippen molar-refractivity contribution in [1.29, 1.82) is 0 Å². The van der Waals surface area contributed by atoms with Crippen molar-refractivity contribution < 1.29 is 12.8 Å². The summed E-state index contributed by atoms with van der Waals surface area (Å²) in [6, 6.07) is 11.1. The average molecular weight is 334 g/mol. The number of rotatable bonds is 4. The third-order valence-corrected chi connectivity index (χ3v) is 5.23. The summed E-state index contributed by atoms with van der Waals surface area (Å²) >= 11 is 0. The summed E-state index contributed by atoms with van der Waals surface area (Å²) in [5.41, 5.74) is 3.43. The zero-order valence-corrected chi connectivity index (χ0v) is 13.7. The van der Waals surface area contributed by atoms with E-state index in [0.29, 0.717) is 11.3 Å². The SMILES string of the molecule is CN1CCCc2cc(NS(=O)(=O)Cc3ccc(F)cc3)ccc21. The largest absolute Gasteiger partial charge is 0.374 e. The lowest BCUT2D eigenvalue weighted by Crippen LogP contribution is -2.24. The normalized spacial score (nSPS) is 14.4. The molecule has 2 aromatic carbocycles. The molecular formula is C17H19FN2O2S. The number of fused-ring (bicyclic) bond motifs is 1. The maximum Gasteiger partial charge on any atom is 0.236 e. The quantitative estimate of drug-likeness (QED) is 0.934. The topological polar surface area (TPSA) is 49.4 Å². The standard InChI is InChI=1S/C17H19FN2O2S/c1-20-10-2-3-14-11-16(8-9-17(14)20)19-23(21,22)12-13-4-6-15(18)7-5-13/h4-9,11,19H,2-3,10,12H2,1H3. The predicted molar refractivity (Wildman–Crippen MR) is 90.7 cm³/mol. The van der Waals surface area contributed by atoms with Crippen LogP contribution in [0.3, 0.4) is 0 Å². The van der Waals surface area contributed by atoms with Gasteiger partial charge in [0.1, 0.15) is 5.82 Å². The van der Waals surface area contributed by atoms with Gasteiger partial charge < -0.3 is 4.90 Å². The van der Waals surface area contributed by atoms with Crippen LogP contribution >= 0.6 is 0 Å². The van der Waals surface area contributed by atoms with Gasteiger partial charge in [0.2, 0.25) is 10.0 Å². The summed E-state index contributed by atoms with van der Waals surface area (Å²) in [6.07, 6.45) is 2.02. The zero-order chi connectivity index (χ0) is 16.4. The molecule has 0 amide bonds. The summed E-state index contributed by atoms with van der Waals surface area (Å²) in [5.74, 6) is -0.553. The molecule has 23 heavy (non-hydrogen) atoms. The van der Waals surface area contributed by atoms with Crippen LogP contribution in [0, 0.1) is 5.82 Å². The van der Waals surface area contributed by atoms with Gasteiger partial charge in [0.05, 0.1) is 5.75 Å². The van der Waals surface area contributed by atoms with Gasteiger partial charge in [0, 0.05) is 25.0 Å². The molecule has 3 rings (SSSR count). The maximum atomic E-state index is 12.9. The van der Waals surface area contributed by atoms with Crippen molar-refractivity contribution in [2.75, 3.05) is 23.2 Å². The van der Waals surface area contributed by atoms with Crippen LogP contribution < -0.4 is 9.62 Å². The fourth-order valence-electron chi connectivity index (χ4n) is 2.86. The van der Waals surface area contributed by atoms with E-state index >= 15 is 0 Å². The summed E-state index contributed by atoms with van der Waals surface area (Å²) < 4.78 is 40.0. The molecular weight excluding hydrogens is 315 g/mol. The first-order valence-electron chi connectivity index (χ1n) is 7.52. The van der Waals surface area contributed by atoms with Crippen molar-refractivity contribution in [2.24, 2.45) is 0 Å². The maximum absolute atomic E-state index is 12.9. The van der Waals surface area contributed by atoms with Crippen LogP contribution in [0.25, 0.3) is 0 Å². The van der Waals surface area contributed by atoms with E-state index in [1.165, 1.54) is 24.3 Å². The van der Waals surface area contributed by atoms with E-state index in [4.69, 9.17) is 0 Å². The van der Waals surface area contributed by atoms with E-state index < -0.39 is 10.0 Å². The Morgan fingerprint density at radius 3 is 2.65 bits per heavy atom. The molecule has 0 saturated carbocycles. The van der Waals surface area contributed by atoms with Gasteiger partial charge in [-0.05, 0) is 54.3 Å². The van der Waals surface area contributed by atoms with E-state index in [9.17, 15) is 12.8 Å². The van der Waals surface area contributed by atoms with E-state index in [2.05, 4.69) is 9.62 Å². The molecule has 0 atom stereocenters. The highest BCUT2D eigenvalue weighted by atomic mass is 32.2. The van der Waals surface area contributed by atoms with Gasteiger partial charge in [-0.15, -0.1) is 0 Å². The summed E-state index contributed by atoms with van der Waals surface area (Å²) in [6.45, 7) is 1.02. The minimum absolute atomic E-state index is 0.176. The van der Waals surface area contributed by atoms with Gasteiger partial charge in [0.25, 0.3) is 0 Å². The van der Waals surface area contributed by atoms with Crippen molar-refractivity contribution in [1.82, 2.24) is 0 Å². The second-order valence-electron chi connectivity index (χ2n) is 5.86. The molecule has 2 aromatic rings. The van der Waals surface area contributed by atoms with Crippen LogP contribution in [0.4, 0.5) is 15.8 Å². The molecule has 122 valence electrons. The first kappa shape index (κ1) is 15.8. The summed E-state index contributed by atoms with van der Waals surface area (Å²) in [4.78, 5) is 2.18. The Hall–Kier alpha value is -2.08. The lowest BCUT2D eigenvalue weighted by atomic mass is 10.0. The third kappa shape index (κ3) is 3.82. The van der Waals surface area contributed by atoms with Crippen LogP contribution in [-0.4, -0.2) is 22.0 Å². The number of nitrogens with one attached hydrogen (secondary N) is 1. The van der Waals surface area contributed by atoms with Gasteiger partial charge in [-0.3, -0.25) is 4.72 Å². The van der Waals surface area contributed by atoms with Crippen molar-refractivity contribution in [3.05, 3.63) is 59.4 Å². The first-order chi connectivity index (χ1) is 10.9. The molecule has 6 heteroatoms. The number of anilines is 2. The number of benzene rings is 2. The molecule has 1 aliphatic rings. The van der Waals surface area contributed by atoms with E-state index in [1.54, 1.807) is 6.07 Å². The molecule has 1 heterocycles. The van der Waals surface area contributed by atoms with Crippen molar-refractivity contribution in [2.45, 2.75) is 18.6 Å². The van der Waals surface area contributed by atoms with Gasteiger partial charge in [0.15, 0.2) is 0 Å². The molecule has 0 spiro atoms. The highest BCUT2D eigenvalue weighted by Gasteiger charge is 2.16. The fraction of sp³-hybridized carbons (Fsp3) is 0.294. The summed E-state index contributed by atoms with van der Waals surface area (Å²) in [5, 5.41) is 0. The lowest BCUT2D eigenvalue weighted by molar-refractivity contribution is 0.600. The van der Waals surface area contributed by atoms with Crippen molar-refractivity contribution in [3.8, 4) is 0 Å². The molecule has 0 aliphatic carbocycles. The first-order valence-corrected chi connectivity index (χ1v) is 9.17. The number of hydrogen-bond acceptors (Lipinski definition) is 3. The van der Waals surface area contributed by atoms with Crippen molar-refractivity contribution in [3.63, 3.8) is 0 Å². The van der Waals surface area contributed by atoms with Crippen LogP contribution in [0.1, 0.15) is 17.5 Å². The third-order valence-electron chi connectivity index (χ3n) is 3.97. The molecule has 0 bridgehead atoms. The van der Waals surface area contributed by atoms with E-state index in [1.807, 2.05) is 19.2 Å². The predicted octanol–water partition coefficient (Wildman–Crippen LogP) is 3.15. The van der Waals surface area contributed by atoms with Gasteiger partial charge in [-0.25, -0.2) is 12.8 Å². The number of nitrogens with zero attached hydrogens (tertiary/aromatic N) is 1. The Bertz CT molecular complexity index is 804. The number of sulfonamides is 1. The van der Waals surface area contributed by atoms with Crippen molar-refractivity contribution >= 4 is 21.4 Å². The second kappa shape index (κ2) is 6.20. The second-order valence-corrected chi connectivity index (χ2v) is 7.58.